The fourth-order valence-electron chi connectivity index (χ4n) is 2.21. The lowest BCUT2D eigenvalue weighted by Crippen LogP contribution is -2.23. The van der Waals surface area contributed by atoms with Crippen molar-refractivity contribution in [2.24, 2.45) is 5.92 Å². The van der Waals surface area contributed by atoms with Gasteiger partial charge in [0.1, 0.15) is 0 Å². The van der Waals surface area contributed by atoms with Gasteiger partial charge in [-0.3, -0.25) is 0 Å². The second kappa shape index (κ2) is 10.1. The Kier molecular flexibility index (Phi) is 8.77. The molecule has 16 heavy (non-hydrogen) atoms. The Hall–Kier alpha value is -0.120. The Labute approximate surface area is 99.9 Å². The first-order chi connectivity index (χ1) is 7.93. The highest BCUT2D eigenvalue weighted by atomic mass is 16.5. The molecule has 96 valence electrons. The first-order valence-corrected chi connectivity index (χ1v) is 6.71. The maximum Gasteiger partial charge on any atom is 0.0591 e. The van der Waals surface area contributed by atoms with Crippen LogP contribution in [0.3, 0.4) is 0 Å². The number of nitrogens with one attached hydrogen (secondary N) is 1. The normalized spacial score (nSPS) is 17.8. The molecule has 0 saturated heterocycles. The summed E-state index contributed by atoms with van der Waals surface area (Å²) in [6, 6.07) is 0. The van der Waals surface area contributed by atoms with Gasteiger partial charge in [-0.15, -0.1) is 0 Å². The summed E-state index contributed by atoms with van der Waals surface area (Å²) < 4.78 is 10.7. The van der Waals surface area contributed by atoms with Gasteiger partial charge in [0.2, 0.25) is 0 Å². The Morgan fingerprint density at radius 2 is 1.88 bits per heavy atom. The molecular weight excluding hydrogens is 202 g/mol. The molecule has 0 aromatic heterocycles. The third-order valence-corrected chi connectivity index (χ3v) is 3.20. The van der Waals surface area contributed by atoms with Crippen LogP contribution in [-0.4, -0.2) is 40.0 Å². The van der Waals surface area contributed by atoms with Crippen LogP contribution in [0.1, 0.15) is 38.5 Å². The lowest BCUT2D eigenvalue weighted by atomic mass is 9.90. The number of methoxy groups -OCH3 is 1. The first kappa shape index (κ1) is 13.9. The molecule has 0 bridgehead atoms. The third-order valence-electron chi connectivity index (χ3n) is 3.20. The van der Waals surface area contributed by atoms with Crippen LogP contribution in [0.15, 0.2) is 0 Å². The maximum absolute atomic E-state index is 5.69. The van der Waals surface area contributed by atoms with Gasteiger partial charge in [-0.2, -0.15) is 0 Å². The van der Waals surface area contributed by atoms with Crippen LogP contribution in [-0.2, 0) is 9.47 Å². The topological polar surface area (TPSA) is 30.5 Å². The molecule has 0 aliphatic heterocycles. The molecule has 0 radical (unpaired) electrons. The largest absolute Gasteiger partial charge is 0.385 e. The third kappa shape index (κ3) is 7.20. The predicted molar refractivity (Wildman–Crippen MR) is 66.8 cm³/mol. The summed E-state index contributed by atoms with van der Waals surface area (Å²) in [5.74, 6) is 0.835. The van der Waals surface area contributed by atoms with Crippen LogP contribution >= 0.6 is 0 Å². The second-order valence-electron chi connectivity index (χ2n) is 4.68. The van der Waals surface area contributed by atoms with Crippen molar-refractivity contribution in [1.29, 1.82) is 0 Å². The van der Waals surface area contributed by atoms with Crippen LogP contribution < -0.4 is 5.32 Å². The lowest BCUT2D eigenvalue weighted by molar-refractivity contribution is 0.0866. The van der Waals surface area contributed by atoms with Crippen LogP contribution in [0.25, 0.3) is 0 Å². The van der Waals surface area contributed by atoms with Gasteiger partial charge in [-0.25, -0.2) is 0 Å². The van der Waals surface area contributed by atoms with E-state index in [4.69, 9.17) is 9.47 Å². The van der Waals surface area contributed by atoms with E-state index in [9.17, 15) is 0 Å². The molecule has 1 aliphatic carbocycles. The van der Waals surface area contributed by atoms with E-state index in [2.05, 4.69) is 5.32 Å². The predicted octanol–water partition coefficient (Wildman–Crippen LogP) is 2.21. The van der Waals surface area contributed by atoms with Crippen molar-refractivity contribution in [3.05, 3.63) is 0 Å². The minimum absolute atomic E-state index is 0.835. The molecule has 1 rings (SSSR count). The number of hydrogen-bond donors (Lipinski definition) is 1. The highest BCUT2D eigenvalue weighted by molar-refractivity contribution is 4.64. The number of hydrogen-bond acceptors (Lipinski definition) is 3. The van der Waals surface area contributed by atoms with Crippen LogP contribution in [0.2, 0.25) is 0 Å². The Morgan fingerprint density at radius 3 is 2.62 bits per heavy atom. The SMILES string of the molecule is COCCCNCCOCC1CCCCC1. The van der Waals surface area contributed by atoms with Gasteiger partial charge in [0.15, 0.2) is 0 Å². The van der Waals surface area contributed by atoms with Gasteiger partial charge in [-0.1, -0.05) is 19.3 Å². The van der Waals surface area contributed by atoms with Gasteiger partial charge in [0.25, 0.3) is 0 Å². The number of ether oxygens (including phenoxy) is 2. The van der Waals surface area contributed by atoms with E-state index >= 15 is 0 Å². The maximum atomic E-state index is 5.69. The van der Waals surface area contributed by atoms with Gasteiger partial charge < -0.3 is 14.8 Å². The Morgan fingerprint density at radius 1 is 1.06 bits per heavy atom. The lowest BCUT2D eigenvalue weighted by Gasteiger charge is -2.21. The highest BCUT2D eigenvalue weighted by Gasteiger charge is 2.12. The molecule has 1 aliphatic rings. The zero-order chi connectivity index (χ0) is 11.5. The van der Waals surface area contributed by atoms with E-state index in [1.54, 1.807) is 7.11 Å². The van der Waals surface area contributed by atoms with Crippen molar-refractivity contribution in [3.63, 3.8) is 0 Å². The quantitative estimate of drug-likeness (QED) is 0.615. The molecule has 0 spiro atoms. The smallest absolute Gasteiger partial charge is 0.0591 e. The van der Waals surface area contributed by atoms with Gasteiger partial charge in [0, 0.05) is 26.9 Å². The van der Waals surface area contributed by atoms with E-state index in [0.29, 0.717) is 0 Å². The molecule has 0 unspecified atom stereocenters. The molecule has 0 aromatic carbocycles. The van der Waals surface area contributed by atoms with Crippen LogP contribution in [0.5, 0.6) is 0 Å². The van der Waals surface area contributed by atoms with Gasteiger partial charge in [-0.05, 0) is 31.7 Å². The molecule has 0 heterocycles. The zero-order valence-electron chi connectivity index (χ0n) is 10.7. The van der Waals surface area contributed by atoms with Gasteiger partial charge >= 0.3 is 0 Å². The summed E-state index contributed by atoms with van der Waals surface area (Å²) >= 11 is 0. The minimum Gasteiger partial charge on any atom is -0.385 e. The van der Waals surface area contributed by atoms with Crippen molar-refractivity contribution in [1.82, 2.24) is 5.32 Å². The molecule has 3 nitrogen and oxygen atoms in total. The molecule has 1 saturated carbocycles. The summed E-state index contributed by atoms with van der Waals surface area (Å²) in [4.78, 5) is 0. The molecule has 0 aromatic rings. The molecule has 3 heteroatoms. The zero-order valence-corrected chi connectivity index (χ0v) is 10.7. The van der Waals surface area contributed by atoms with Crippen LogP contribution in [0.4, 0.5) is 0 Å². The van der Waals surface area contributed by atoms with Crippen molar-refractivity contribution in [3.8, 4) is 0 Å². The van der Waals surface area contributed by atoms with E-state index < -0.39 is 0 Å². The minimum atomic E-state index is 0.835. The summed E-state index contributed by atoms with van der Waals surface area (Å²) in [5, 5.41) is 3.35. The highest BCUT2D eigenvalue weighted by Crippen LogP contribution is 2.23. The fourth-order valence-corrected chi connectivity index (χ4v) is 2.21. The van der Waals surface area contributed by atoms with E-state index in [-0.39, 0.29) is 0 Å². The first-order valence-electron chi connectivity index (χ1n) is 6.71. The average molecular weight is 229 g/mol. The second-order valence-corrected chi connectivity index (χ2v) is 4.68. The number of rotatable bonds is 9. The van der Waals surface area contributed by atoms with Crippen LogP contribution in [0, 0.1) is 5.92 Å². The molecule has 0 amide bonds. The molecule has 1 N–H and O–H groups in total. The van der Waals surface area contributed by atoms with Crippen molar-refractivity contribution < 1.29 is 9.47 Å². The summed E-state index contributed by atoms with van der Waals surface area (Å²) in [7, 11) is 1.74. The fraction of sp³-hybridized carbons (Fsp3) is 1.00. The van der Waals surface area contributed by atoms with E-state index in [1.807, 2.05) is 0 Å². The summed E-state index contributed by atoms with van der Waals surface area (Å²) in [6.45, 7) is 4.66. The Bertz CT molecular complexity index is 147. The summed E-state index contributed by atoms with van der Waals surface area (Å²) in [6.07, 6.45) is 8.08. The standard InChI is InChI=1S/C13H27NO2/c1-15-10-5-8-14-9-11-16-12-13-6-3-2-4-7-13/h13-14H,2-12H2,1H3. The molecule has 1 fully saturated rings. The summed E-state index contributed by atoms with van der Waals surface area (Å²) in [5.41, 5.74) is 0. The molecular formula is C13H27NO2. The van der Waals surface area contributed by atoms with Crippen molar-refractivity contribution in [2.75, 3.05) is 40.0 Å². The average Bonchev–Trinajstić information content (AvgIpc) is 2.34. The Balaban J connectivity index is 1.77. The van der Waals surface area contributed by atoms with E-state index in [0.717, 1.165) is 45.2 Å². The monoisotopic (exact) mass is 229 g/mol. The van der Waals surface area contributed by atoms with Gasteiger partial charge in [0.05, 0.1) is 6.61 Å². The van der Waals surface area contributed by atoms with Crippen molar-refractivity contribution in [2.45, 2.75) is 38.5 Å². The molecule has 0 atom stereocenters. The van der Waals surface area contributed by atoms with E-state index in [1.165, 1.54) is 32.1 Å². The van der Waals surface area contributed by atoms with Crippen molar-refractivity contribution >= 4 is 0 Å².